The van der Waals surface area contributed by atoms with Gasteiger partial charge in [0.25, 0.3) is 0 Å². The van der Waals surface area contributed by atoms with Crippen LogP contribution < -0.4 is 10.6 Å². The molecule has 0 aromatic heterocycles. The summed E-state index contributed by atoms with van der Waals surface area (Å²) in [7, 11) is 0. The topological polar surface area (TPSA) is 116 Å². The summed E-state index contributed by atoms with van der Waals surface area (Å²) in [5.41, 5.74) is -0.434. The summed E-state index contributed by atoms with van der Waals surface area (Å²) in [6.07, 6.45) is 0.721. The van der Waals surface area contributed by atoms with Gasteiger partial charge in [0.2, 0.25) is 0 Å². The van der Waals surface area contributed by atoms with E-state index in [1.54, 1.807) is 0 Å². The van der Waals surface area contributed by atoms with Gasteiger partial charge in [0.15, 0.2) is 0 Å². The van der Waals surface area contributed by atoms with Crippen LogP contribution in [-0.2, 0) is 9.59 Å². The maximum atomic E-state index is 11.6. The van der Waals surface area contributed by atoms with Crippen molar-refractivity contribution in [2.24, 2.45) is 0 Å². The van der Waals surface area contributed by atoms with Crippen molar-refractivity contribution in [1.29, 1.82) is 0 Å². The number of carboxylic acids is 2. The van der Waals surface area contributed by atoms with E-state index in [1.807, 2.05) is 20.8 Å². The van der Waals surface area contributed by atoms with Crippen LogP contribution in [0.3, 0.4) is 0 Å². The van der Waals surface area contributed by atoms with Crippen molar-refractivity contribution in [3.63, 3.8) is 0 Å². The van der Waals surface area contributed by atoms with Gasteiger partial charge in [-0.15, -0.1) is 0 Å². The highest BCUT2D eigenvalue weighted by Crippen LogP contribution is 2.13. The first kappa shape index (κ1) is 16.2. The van der Waals surface area contributed by atoms with Crippen LogP contribution in [0.25, 0.3) is 0 Å². The van der Waals surface area contributed by atoms with E-state index in [-0.39, 0.29) is 0 Å². The third kappa shape index (κ3) is 5.51. The molecule has 0 aliphatic rings. The molecule has 104 valence electrons. The number of carbonyl (C=O) groups is 3. The zero-order chi connectivity index (χ0) is 14.3. The SMILES string of the molecule is CCC(C)(CC)NC(=O)NC(CC(=O)O)C(=O)O. The quantitative estimate of drug-likeness (QED) is 0.540. The molecule has 0 aromatic rings. The van der Waals surface area contributed by atoms with Crippen LogP contribution >= 0.6 is 0 Å². The van der Waals surface area contributed by atoms with E-state index in [1.165, 1.54) is 0 Å². The minimum absolute atomic E-state index is 0.434. The fourth-order valence-corrected chi connectivity index (χ4v) is 1.27. The minimum atomic E-state index is -1.43. The lowest BCUT2D eigenvalue weighted by atomic mass is 9.96. The Morgan fingerprint density at radius 2 is 1.67 bits per heavy atom. The first-order valence-corrected chi connectivity index (χ1v) is 5.77. The van der Waals surface area contributed by atoms with Gasteiger partial charge in [-0.2, -0.15) is 0 Å². The lowest BCUT2D eigenvalue weighted by Crippen LogP contribution is -2.53. The average molecular weight is 260 g/mol. The number of rotatable bonds is 7. The number of nitrogens with one attached hydrogen (secondary N) is 2. The van der Waals surface area contributed by atoms with Gasteiger partial charge >= 0.3 is 18.0 Å². The van der Waals surface area contributed by atoms with Gasteiger partial charge in [-0.25, -0.2) is 9.59 Å². The minimum Gasteiger partial charge on any atom is -0.481 e. The Bertz CT molecular complexity index is 325. The molecule has 2 amide bonds. The monoisotopic (exact) mass is 260 g/mol. The Morgan fingerprint density at radius 1 is 1.17 bits per heavy atom. The first-order chi connectivity index (χ1) is 8.24. The first-order valence-electron chi connectivity index (χ1n) is 5.77. The summed E-state index contributed by atoms with van der Waals surface area (Å²) >= 11 is 0. The normalized spacial score (nSPS) is 12.6. The molecule has 7 nitrogen and oxygen atoms in total. The molecule has 0 heterocycles. The van der Waals surface area contributed by atoms with Crippen molar-refractivity contribution < 1.29 is 24.6 Å². The lowest BCUT2D eigenvalue weighted by molar-refractivity contribution is -0.145. The Balaban J connectivity index is 4.52. The lowest BCUT2D eigenvalue weighted by Gasteiger charge is -2.28. The van der Waals surface area contributed by atoms with Gasteiger partial charge < -0.3 is 20.8 Å². The van der Waals surface area contributed by atoms with Crippen molar-refractivity contribution in [1.82, 2.24) is 10.6 Å². The number of carboxylic acid groups (broad SMARTS) is 2. The summed E-state index contributed by atoms with van der Waals surface area (Å²) < 4.78 is 0. The highest BCUT2D eigenvalue weighted by atomic mass is 16.4. The predicted molar refractivity (Wildman–Crippen MR) is 64.3 cm³/mol. The molecule has 0 aliphatic carbocycles. The van der Waals surface area contributed by atoms with Gasteiger partial charge in [0, 0.05) is 5.54 Å². The van der Waals surface area contributed by atoms with E-state index in [4.69, 9.17) is 10.2 Å². The number of urea groups is 1. The van der Waals surface area contributed by atoms with E-state index in [0.717, 1.165) is 0 Å². The van der Waals surface area contributed by atoms with Crippen molar-refractivity contribution >= 4 is 18.0 Å². The van der Waals surface area contributed by atoms with Crippen molar-refractivity contribution in [2.45, 2.75) is 51.6 Å². The van der Waals surface area contributed by atoms with Gasteiger partial charge in [-0.3, -0.25) is 4.79 Å². The zero-order valence-corrected chi connectivity index (χ0v) is 10.8. The largest absolute Gasteiger partial charge is 0.481 e. The zero-order valence-electron chi connectivity index (χ0n) is 10.8. The van der Waals surface area contributed by atoms with Crippen LogP contribution in [0, 0.1) is 0 Å². The van der Waals surface area contributed by atoms with Gasteiger partial charge in [0.05, 0.1) is 6.42 Å². The molecule has 0 aliphatic heterocycles. The van der Waals surface area contributed by atoms with Crippen molar-refractivity contribution in [3.05, 3.63) is 0 Å². The highest BCUT2D eigenvalue weighted by Gasteiger charge is 2.26. The number of aliphatic carboxylic acids is 2. The Hall–Kier alpha value is -1.79. The molecule has 7 heteroatoms. The summed E-state index contributed by atoms with van der Waals surface area (Å²) in [6.45, 7) is 5.63. The molecule has 18 heavy (non-hydrogen) atoms. The summed E-state index contributed by atoms with van der Waals surface area (Å²) in [5.74, 6) is -2.65. The Morgan fingerprint density at radius 3 is 2.00 bits per heavy atom. The van der Waals surface area contributed by atoms with Gasteiger partial charge in [0.1, 0.15) is 6.04 Å². The van der Waals surface area contributed by atoms with Crippen molar-refractivity contribution in [2.75, 3.05) is 0 Å². The maximum absolute atomic E-state index is 11.6. The number of hydrogen-bond donors (Lipinski definition) is 4. The molecular weight excluding hydrogens is 240 g/mol. The standard InChI is InChI=1S/C11H20N2O5/c1-4-11(3,5-2)13-10(18)12-7(9(16)17)6-8(14)15/h7H,4-6H2,1-3H3,(H,14,15)(H,16,17)(H2,12,13,18). The van der Waals surface area contributed by atoms with Crippen LogP contribution in [0.1, 0.15) is 40.0 Å². The summed E-state index contributed by atoms with van der Waals surface area (Å²) in [6, 6.07) is -2.10. The molecule has 0 fully saturated rings. The molecule has 0 rings (SSSR count). The van der Waals surface area contributed by atoms with E-state index >= 15 is 0 Å². The fraction of sp³-hybridized carbons (Fsp3) is 0.727. The molecule has 0 aromatic carbocycles. The van der Waals surface area contributed by atoms with E-state index in [0.29, 0.717) is 12.8 Å². The predicted octanol–water partition coefficient (Wildman–Crippen LogP) is 0.792. The molecule has 1 unspecified atom stereocenters. The van der Waals surface area contributed by atoms with Crippen molar-refractivity contribution in [3.8, 4) is 0 Å². The maximum Gasteiger partial charge on any atom is 0.326 e. The fourth-order valence-electron chi connectivity index (χ4n) is 1.27. The Kier molecular flexibility index (Phi) is 6.15. The molecular formula is C11H20N2O5. The molecule has 1 atom stereocenters. The van der Waals surface area contributed by atoms with E-state index in [9.17, 15) is 14.4 Å². The number of hydrogen-bond acceptors (Lipinski definition) is 3. The second kappa shape index (κ2) is 6.83. The number of amides is 2. The van der Waals surface area contributed by atoms with Crippen LogP contribution in [0.2, 0.25) is 0 Å². The Labute approximate surface area is 106 Å². The van der Waals surface area contributed by atoms with Gasteiger partial charge in [-0.1, -0.05) is 13.8 Å². The van der Waals surface area contributed by atoms with Crippen LogP contribution in [-0.4, -0.2) is 39.8 Å². The second-order valence-electron chi connectivity index (χ2n) is 4.35. The number of carbonyl (C=O) groups excluding carboxylic acids is 1. The van der Waals surface area contributed by atoms with Crippen LogP contribution in [0.5, 0.6) is 0 Å². The average Bonchev–Trinajstić information content (AvgIpc) is 2.27. The second-order valence-corrected chi connectivity index (χ2v) is 4.35. The third-order valence-electron chi connectivity index (χ3n) is 2.96. The molecule has 0 spiro atoms. The van der Waals surface area contributed by atoms with Crippen LogP contribution in [0.4, 0.5) is 4.79 Å². The molecule has 0 bridgehead atoms. The summed E-state index contributed by atoms with van der Waals surface area (Å²) in [4.78, 5) is 32.8. The van der Waals surface area contributed by atoms with E-state index < -0.39 is 36.0 Å². The molecule has 4 N–H and O–H groups in total. The smallest absolute Gasteiger partial charge is 0.326 e. The summed E-state index contributed by atoms with van der Waals surface area (Å²) in [5, 5.41) is 22.1. The molecule has 0 saturated heterocycles. The molecule has 0 saturated carbocycles. The molecule has 0 radical (unpaired) electrons. The highest BCUT2D eigenvalue weighted by molar-refractivity contribution is 5.86. The van der Waals surface area contributed by atoms with E-state index in [2.05, 4.69) is 10.6 Å². The van der Waals surface area contributed by atoms with Gasteiger partial charge in [-0.05, 0) is 19.8 Å². The third-order valence-corrected chi connectivity index (χ3v) is 2.96. The van der Waals surface area contributed by atoms with Crippen LogP contribution in [0.15, 0.2) is 0 Å².